The van der Waals surface area contributed by atoms with Crippen molar-refractivity contribution in [1.82, 2.24) is 0 Å². The summed E-state index contributed by atoms with van der Waals surface area (Å²) >= 11 is 0. The molecule has 0 aliphatic carbocycles. The molecule has 3 rings (SSSR count). The summed E-state index contributed by atoms with van der Waals surface area (Å²) in [6, 6.07) is 12.4. The molecule has 0 radical (unpaired) electrons. The quantitative estimate of drug-likeness (QED) is 0.763. The maximum absolute atomic E-state index is 6.03. The van der Waals surface area contributed by atoms with E-state index < -0.39 is 0 Å². The van der Waals surface area contributed by atoms with Gasteiger partial charge in [0.15, 0.2) is 0 Å². The number of rotatable bonds is 4. The van der Waals surface area contributed by atoms with Crippen LogP contribution in [0.3, 0.4) is 0 Å². The van der Waals surface area contributed by atoms with Gasteiger partial charge in [0.05, 0.1) is 0 Å². The molecule has 0 fully saturated rings. The summed E-state index contributed by atoms with van der Waals surface area (Å²) in [5.74, 6) is 1.93. The molecule has 0 atom stereocenters. The summed E-state index contributed by atoms with van der Waals surface area (Å²) in [4.78, 5) is 0. The SMILES string of the molecule is NCCc1ccc2c(c1CCN)Cc1ccccc1O2. The Balaban J connectivity index is 2.06. The van der Waals surface area contributed by atoms with Crippen LogP contribution in [0.2, 0.25) is 0 Å². The predicted molar refractivity (Wildman–Crippen MR) is 81.3 cm³/mol. The van der Waals surface area contributed by atoms with Gasteiger partial charge in [-0.15, -0.1) is 0 Å². The second kappa shape index (κ2) is 5.65. The average Bonchev–Trinajstić information content (AvgIpc) is 2.48. The van der Waals surface area contributed by atoms with Crippen molar-refractivity contribution in [2.75, 3.05) is 13.1 Å². The number of benzene rings is 2. The third-order valence-corrected chi connectivity index (χ3v) is 3.85. The molecule has 2 aromatic carbocycles. The zero-order chi connectivity index (χ0) is 13.9. The van der Waals surface area contributed by atoms with E-state index in [1.54, 1.807) is 0 Å². The van der Waals surface area contributed by atoms with Gasteiger partial charge in [0.2, 0.25) is 0 Å². The number of para-hydroxylation sites is 1. The van der Waals surface area contributed by atoms with Crippen molar-refractivity contribution in [1.29, 1.82) is 0 Å². The highest BCUT2D eigenvalue weighted by molar-refractivity contribution is 5.54. The summed E-state index contributed by atoms with van der Waals surface area (Å²) < 4.78 is 6.03. The molecule has 0 saturated heterocycles. The molecule has 0 unspecified atom stereocenters. The predicted octanol–water partition coefficient (Wildman–Crippen LogP) is 2.39. The first-order valence-corrected chi connectivity index (χ1v) is 7.13. The van der Waals surface area contributed by atoms with Gasteiger partial charge in [0.25, 0.3) is 0 Å². The highest BCUT2D eigenvalue weighted by Crippen LogP contribution is 2.39. The summed E-state index contributed by atoms with van der Waals surface area (Å²) in [6.45, 7) is 1.31. The average molecular weight is 268 g/mol. The van der Waals surface area contributed by atoms with Crippen molar-refractivity contribution in [2.45, 2.75) is 19.3 Å². The van der Waals surface area contributed by atoms with E-state index in [0.29, 0.717) is 13.1 Å². The highest BCUT2D eigenvalue weighted by atomic mass is 16.5. The molecule has 20 heavy (non-hydrogen) atoms. The first kappa shape index (κ1) is 13.2. The lowest BCUT2D eigenvalue weighted by atomic mass is 9.90. The molecular formula is C17H20N2O. The number of fused-ring (bicyclic) bond motifs is 2. The third-order valence-electron chi connectivity index (χ3n) is 3.85. The maximum Gasteiger partial charge on any atom is 0.131 e. The van der Waals surface area contributed by atoms with E-state index in [0.717, 1.165) is 30.8 Å². The molecule has 0 spiro atoms. The molecule has 3 heteroatoms. The van der Waals surface area contributed by atoms with Gasteiger partial charge in [-0.05, 0) is 54.8 Å². The molecule has 1 heterocycles. The molecular weight excluding hydrogens is 248 g/mol. The van der Waals surface area contributed by atoms with E-state index in [-0.39, 0.29) is 0 Å². The summed E-state index contributed by atoms with van der Waals surface area (Å²) in [6.07, 6.45) is 2.69. The smallest absolute Gasteiger partial charge is 0.131 e. The second-order valence-corrected chi connectivity index (χ2v) is 5.14. The second-order valence-electron chi connectivity index (χ2n) is 5.14. The lowest BCUT2D eigenvalue weighted by molar-refractivity contribution is 0.458. The largest absolute Gasteiger partial charge is 0.457 e. The number of hydrogen-bond acceptors (Lipinski definition) is 3. The van der Waals surface area contributed by atoms with Gasteiger partial charge >= 0.3 is 0 Å². The van der Waals surface area contributed by atoms with Crippen molar-refractivity contribution in [2.24, 2.45) is 11.5 Å². The van der Waals surface area contributed by atoms with Crippen LogP contribution in [-0.4, -0.2) is 13.1 Å². The standard InChI is InChI=1S/C17H20N2O/c18-9-7-12-5-6-17-15(14(12)8-10-19)11-13-3-1-2-4-16(13)20-17/h1-6H,7-11,18-19H2. The van der Waals surface area contributed by atoms with E-state index in [9.17, 15) is 0 Å². The molecule has 2 aromatic rings. The zero-order valence-corrected chi connectivity index (χ0v) is 11.6. The van der Waals surface area contributed by atoms with E-state index in [1.165, 1.54) is 22.3 Å². The number of nitrogens with two attached hydrogens (primary N) is 2. The van der Waals surface area contributed by atoms with Crippen LogP contribution in [0.25, 0.3) is 0 Å². The fourth-order valence-corrected chi connectivity index (χ4v) is 2.91. The molecule has 1 aliphatic rings. The van der Waals surface area contributed by atoms with Crippen LogP contribution in [0, 0.1) is 0 Å². The van der Waals surface area contributed by atoms with Crippen LogP contribution in [0.4, 0.5) is 0 Å². The lowest BCUT2D eigenvalue weighted by Crippen LogP contribution is -2.14. The Hall–Kier alpha value is -1.84. The van der Waals surface area contributed by atoms with Gasteiger partial charge in [-0.25, -0.2) is 0 Å². The Morgan fingerprint density at radius 3 is 2.50 bits per heavy atom. The minimum absolute atomic E-state index is 0.648. The number of hydrogen-bond donors (Lipinski definition) is 2. The normalized spacial score (nSPS) is 12.5. The van der Waals surface area contributed by atoms with E-state index in [4.69, 9.17) is 16.2 Å². The van der Waals surface area contributed by atoms with Gasteiger partial charge in [0.1, 0.15) is 11.5 Å². The van der Waals surface area contributed by atoms with Gasteiger partial charge < -0.3 is 16.2 Å². The Kier molecular flexibility index (Phi) is 3.72. The van der Waals surface area contributed by atoms with Gasteiger partial charge in [-0.3, -0.25) is 0 Å². The molecule has 104 valence electrons. The molecule has 0 amide bonds. The molecule has 0 bridgehead atoms. The lowest BCUT2D eigenvalue weighted by Gasteiger charge is -2.24. The van der Waals surface area contributed by atoms with E-state index in [1.807, 2.05) is 12.1 Å². The third kappa shape index (κ3) is 2.30. The first-order chi connectivity index (χ1) is 9.83. The van der Waals surface area contributed by atoms with E-state index >= 15 is 0 Å². The molecule has 1 aliphatic heterocycles. The van der Waals surface area contributed by atoms with Crippen molar-refractivity contribution in [3.05, 3.63) is 58.7 Å². The molecule has 0 saturated carbocycles. The minimum Gasteiger partial charge on any atom is -0.457 e. The van der Waals surface area contributed by atoms with Gasteiger partial charge in [0, 0.05) is 12.0 Å². The monoisotopic (exact) mass is 268 g/mol. The fraction of sp³-hybridized carbons (Fsp3) is 0.294. The van der Waals surface area contributed by atoms with Crippen molar-refractivity contribution < 1.29 is 4.74 Å². The van der Waals surface area contributed by atoms with Crippen LogP contribution < -0.4 is 16.2 Å². The van der Waals surface area contributed by atoms with Crippen molar-refractivity contribution in [3.8, 4) is 11.5 Å². The fourth-order valence-electron chi connectivity index (χ4n) is 2.91. The van der Waals surface area contributed by atoms with Crippen LogP contribution in [0.1, 0.15) is 22.3 Å². The molecule has 4 N–H and O–H groups in total. The molecule has 0 aromatic heterocycles. The Morgan fingerprint density at radius 1 is 0.900 bits per heavy atom. The topological polar surface area (TPSA) is 61.3 Å². The highest BCUT2D eigenvalue weighted by Gasteiger charge is 2.20. The summed E-state index contributed by atoms with van der Waals surface area (Å²) in [7, 11) is 0. The summed E-state index contributed by atoms with van der Waals surface area (Å²) in [5.41, 5.74) is 16.6. The van der Waals surface area contributed by atoms with Crippen LogP contribution >= 0.6 is 0 Å². The first-order valence-electron chi connectivity index (χ1n) is 7.13. The maximum atomic E-state index is 6.03. The Labute approximate surface area is 119 Å². The van der Waals surface area contributed by atoms with Crippen LogP contribution in [-0.2, 0) is 19.3 Å². The van der Waals surface area contributed by atoms with Crippen LogP contribution in [0.15, 0.2) is 36.4 Å². The van der Waals surface area contributed by atoms with Crippen LogP contribution in [0.5, 0.6) is 11.5 Å². The molecule has 3 nitrogen and oxygen atoms in total. The van der Waals surface area contributed by atoms with Gasteiger partial charge in [-0.1, -0.05) is 24.3 Å². The Bertz CT molecular complexity index is 622. The number of ether oxygens (including phenoxy) is 1. The van der Waals surface area contributed by atoms with E-state index in [2.05, 4.69) is 24.3 Å². The zero-order valence-electron chi connectivity index (χ0n) is 11.6. The Morgan fingerprint density at radius 2 is 1.70 bits per heavy atom. The summed E-state index contributed by atoms with van der Waals surface area (Å²) in [5, 5.41) is 0. The van der Waals surface area contributed by atoms with Gasteiger partial charge in [-0.2, -0.15) is 0 Å². The minimum atomic E-state index is 0.648. The van der Waals surface area contributed by atoms with Crippen molar-refractivity contribution >= 4 is 0 Å². The van der Waals surface area contributed by atoms with Crippen molar-refractivity contribution in [3.63, 3.8) is 0 Å².